The van der Waals surface area contributed by atoms with Crippen LogP contribution in [0, 0.1) is 6.92 Å². The van der Waals surface area contributed by atoms with Crippen LogP contribution in [0.4, 0.5) is 11.4 Å². The van der Waals surface area contributed by atoms with E-state index in [4.69, 9.17) is 14.4 Å². The molecule has 0 saturated carbocycles. The average Bonchev–Trinajstić information content (AvgIpc) is 3.19. The van der Waals surface area contributed by atoms with Gasteiger partial charge in [0, 0.05) is 18.7 Å². The van der Waals surface area contributed by atoms with Crippen LogP contribution in [0.3, 0.4) is 0 Å². The molecule has 192 valence electrons. The van der Waals surface area contributed by atoms with E-state index >= 15 is 0 Å². The van der Waals surface area contributed by atoms with Crippen LogP contribution in [0.1, 0.15) is 5.69 Å². The number of fused-ring (bicyclic) bond motifs is 1. The third-order valence-corrected chi connectivity index (χ3v) is 6.69. The van der Waals surface area contributed by atoms with Gasteiger partial charge in [-0.2, -0.15) is 0 Å². The summed E-state index contributed by atoms with van der Waals surface area (Å²) >= 11 is 0. The van der Waals surface area contributed by atoms with Gasteiger partial charge in [0.05, 0.1) is 22.1 Å². The minimum Gasteiger partial charge on any atom is -0.507 e. The Morgan fingerprint density at radius 1 is 0.718 bits per heavy atom. The molecular weight excluding hydrogens is 488 g/mol. The third kappa shape index (κ3) is 4.40. The minimum absolute atomic E-state index is 0.0672. The Hall–Kier alpha value is -5.30. The van der Waals surface area contributed by atoms with Crippen molar-refractivity contribution in [2.75, 3.05) is 0 Å². The van der Waals surface area contributed by atoms with Gasteiger partial charge >= 0.3 is 0 Å². The first-order chi connectivity index (χ1) is 19.0. The fourth-order valence-corrected chi connectivity index (χ4v) is 4.64. The number of rotatable bonds is 4. The van der Waals surface area contributed by atoms with Gasteiger partial charge in [-0.1, -0.05) is 66.7 Å². The molecule has 0 atom stereocenters. The Balaban J connectivity index is 1.73. The molecule has 2 N–H and O–H groups in total. The van der Waals surface area contributed by atoms with Crippen molar-refractivity contribution in [2.45, 2.75) is 6.92 Å². The number of para-hydroxylation sites is 3. The molecule has 4 aromatic carbocycles. The number of phenols is 2. The van der Waals surface area contributed by atoms with Crippen molar-refractivity contribution < 1.29 is 14.6 Å². The highest BCUT2D eigenvalue weighted by Crippen LogP contribution is 2.29. The second-order valence-corrected chi connectivity index (χ2v) is 9.15. The molecule has 0 fully saturated rings. The highest BCUT2D eigenvalue weighted by Gasteiger charge is 2.17. The topological polar surface area (TPSA) is 88.2 Å². The maximum atomic E-state index is 10.9. The van der Waals surface area contributed by atoms with Crippen LogP contribution in [0.15, 0.2) is 124 Å². The highest BCUT2D eigenvalue weighted by molar-refractivity contribution is 5.84. The van der Waals surface area contributed by atoms with Gasteiger partial charge in [-0.05, 0) is 43.3 Å². The molecule has 6 rings (SSSR count). The van der Waals surface area contributed by atoms with E-state index in [0.717, 1.165) is 16.9 Å². The van der Waals surface area contributed by atoms with E-state index in [0.29, 0.717) is 38.9 Å². The van der Waals surface area contributed by atoms with Crippen molar-refractivity contribution >= 4 is 22.3 Å². The summed E-state index contributed by atoms with van der Waals surface area (Å²) in [4.78, 5) is 10.0. The zero-order chi connectivity index (χ0) is 26.9. The molecule has 2 aromatic heterocycles. The van der Waals surface area contributed by atoms with Crippen LogP contribution in [0.5, 0.6) is 11.5 Å². The number of aromatic nitrogens is 2. The van der Waals surface area contributed by atoms with E-state index in [1.807, 2.05) is 102 Å². The van der Waals surface area contributed by atoms with Crippen molar-refractivity contribution in [2.24, 2.45) is 17.0 Å². The summed E-state index contributed by atoms with van der Waals surface area (Å²) in [6, 6.07) is 33.6. The molecule has 0 saturated heterocycles. The van der Waals surface area contributed by atoms with Crippen LogP contribution >= 0.6 is 0 Å². The van der Waals surface area contributed by atoms with Gasteiger partial charge < -0.3 is 14.6 Å². The maximum Gasteiger partial charge on any atom is 0.180 e. The van der Waals surface area contributed by atoms with Crippen LogP contribution in [-0.4, -0.2) is 19.6 Å². The molecule has 0 aliphatic carbocycles. The van der Waals surface area contributed by atoms with Crippen molar-refractivity contribution in [1.82, 2.24) is 9.36 Å². The van der Waals surface area contributed by atoms with Gasteiger partial charge in [0.1, 0.15) is 34.2 Å². The molecule has 0 bridgehead atoms. The lowest BCUT2D eigenvalue weighted by Gasteiger charge is -2.09. The first-order valence-electron chi connectivity index (χ1n) is 12.5. The first kappa shape index (κ1) is 24.1. The Morgan fingerprint density at radius 3 is 2.13 bits per heavy atom. The SMILES string of the molecule is Cc1c(N=c2cc(-c3ccccc3)oc3cccc(O)c23)c(=Nc2ccccc2O)n(-c2ccccc2)n1C. The number of hydrogen-bond donors (Lipinski definition) is 2. The molecular formula is C32H26N4O3. The lowest BCUT2D eigenvalue weighted by molar-refractivity contribution is 0.476. The zero-order valence-corrected chi connectivity index (χ0v) is 21.5. The van der Waals surface area contributed by atoms with Gasteiger partial charge in [0.15, 0.2) is 5.49 Å². The number of hydrogen-bond acceptors (Lipinski definition) is 5. The largest absolute Gasteiger partial charge is 0.507 e. The van der Waals surface area contributed by atoms with Gasteiger partial charge in [-0.3, -0.25) is 4.68 Å². The number of aromatic hydroxyl groups is 2. The lowest BCUT2D eigenvalue weighted by Crippen LogP contribution is -2.21. The molecule has 39 heavy (non-hydrogen) atoms. The van der Waals surface area contributed by atoms with Crippen molar-refractivity contribution in [3.05, 3.63) is 126 Å². The smallest absolute Gasteiger partial charge is 0.180 e. The molecule has 7 nitrogen and oxygen atoms in total. The summed E-state index contributed by atoms with van der Waals surface area (Å²) in [5, 5.41) is 22.4. The summed E-state index contributed by atoms with van der Waals surface area (Å²) in [5.41, 5.74) is 4.69. The van der Waals surface area contributed by atoms with E-state index < -0.39 is 0 Å². The summed E-state index contributed by atoms with van der Waals surface area (Å²) in [6.45, 7) is 1.97. The van der Waals surface area contributed by atoms with Gasteiger partial charge in [0.2, 0.25) is 0 Å². The van der Waals surface area contributed by atoms with Crippen LogP contribution < -0.4 is 10.8 Å². The van der Waals surface area contributed by atoms with E-state index in [1.165, 1.54) is 0 Å². The third-order valence-electron chi connectivity index (χ3n) is 6.69. The molecule has 7 heteroatoms. The maximum absolute atomic E-state index is 10.9. The summed E-state index contributed by atoms with van der Waals surface area (Å²) in [7, 11) is 1.94. The summed E-state index contributed by atoms with van der Waals surface area (Å²) in [6.07, 6.45) is 0. The van der Waals surface area contributed by atoms with E-state index in [1.54, 1.807) is 30.3 Å². The lowest BCUT2D eigenvalue weighted by atomic mass is 10.1. The van der Waals surface area contributed by atoms with E-state index in [2.05, 4.69) is 0 Å². The minimum atomic E-state index is 0.0672. The van der Waals surface area contributed by atoms with Crippen LogP contribution in [-0.2, 0) is 7.05 Å². The van der Waals surface area contributed by atoms with Gasteiger partial charge in [-0.15, -0.1) is 0 Å². The monoisotopic (exact) mass is 514 g/mol. The molecule has 0 aliphatic heterocycles. The molecule has 0 spiro atoms. The predicted molar refractivity (Wildman–Crippen MR) is 151 cm³/mol. The zero-order valence-electron chi connectivity index (χ0n) is 21.5. The number of benzene rings is 4. The summed E-state index contributed by atoms with van der Waals surface area (Å²) < 4.78 is 10.1. The number of nitrogens with zero attached hydrogens (tertiary/aromatic N) is 4. The first-order valence-corrected chi connectivity index (χ1v) is 12.5. The Labute approximate surface area is 224 Å². The van der Waals surface area contributed by atoms with E-state index in [-0.39, 0.29) is 11.5 Å². The second kappa shape index (κ2) is 9.87. The van der Waals surface area contributed by atoms with Crippen molar-refractivity contribution in [3.8, 4) is 28.5 Å². The quantitative estimate of drug-likeness (QED) is 0.285. The Bertz CT molecular complexity index is 1950. The second-order valence-electron chi connectivity index (χ2n) is 9.15. The fourth-order valence-electron chi connectivity index (χ4n) is 4.64. The Kier molecular flexibility index (Phi) is 6.09. The van der Waals surface area contributed by atoms with Crippen LogP contribution in [0.25, 0.3) is 28.0 Å². The molecule has 2 heterocycles. The van der Waals surface area contributed by atoms with Crippen LogP contribution in [0.2, 0.25) is 0 Å². The molecule has 0 radical (unpaired) electrons. The normalized spacial score (nSPS) is 12.4. The van der Waals surface area contributed by atoms with Crippen molar-refractivity contribution in [1.29, 1.82) is 0 Å². The molecule has 0 aliphatic rings. The van der Waals surface area contributed by atoms with E-state index in [9.17, 15) is 10.2 Å². The van der Waals surface area contributed by atoms with Gasteiger partial charge in [0.25, 0.3) is 0 Å². The van der Waals surface area contributed by atoms with Gasteiger partial charge in [-0.25, -0.2) is 14.7 Å². The Morgan fingerprint density at radius 2 is 1.38 bits per heavy atom. The fraction of sp³-hybridized carbons (Fsp3) is 0.0625. The molecule has 0 amide bonds. The molecule has 0 unspecified atom stereocenters. The van der Waals surface area contributed by atoms with Crippen molar-refractivity contribution in [3.63, 3.8) is 0 Å². The number of phenolic OH excluding ortho intramolecular Hbond substituents is 2. The summed E-state index contributed by atoms with van der Waals surface area (Å²) in [5.74, 6) is 0.757. The standard InChI is InChI=1S/C32H26N4O3/c1-21-31(32(34-24-16-9-10-17-26(24)37)36(35(21)2)23-14-7-4-8-15-23)33-25-20-29(22-12-5-3-6-13-22)39-28-19-11-18-27(38)30(25)28/h3-20,37-38H,1-2H3. The average molecular weight is 515 g/mol. The predicted octanol–water partition coefficient (Wildman–Crippen LogP) is 6.41. The highest BCUT2D eigenvalue weighted by atomic mass is 16.3. The molecule has 6 aromatic rings.